The first-order valence-electron chi connectivity index (χ1n) is 6.48. The maximum absolute atomic E-state index is 11.8. The highest BCUT2D eigenvalue weighted by atomic mass is 16.5. The molecule has 1 rings (SSSR count). The molecule has 18 heavy (non-hydrogen) atoms. The van der Waals surface area contributed by atoms with Gasteiger partial charge in [0, 0.05) is 6.04 Å². The minimum absolute atomic E-state index is 0.0637. The van der Waals surface area contributed by atoms with Crippen molar-refractivity contribution in [3.63, 3.8) is 0 Å². The second-order valence-corrected chi connectivity index (χ2v) is 5.18. The molecule has 0 fully saturated rings. The van der Waals surface area contributed by atoms with Crippen LogP contribution in [0.1, 0.15) is 27.7 Å². The highest BCUT2D eigenvalue weighted by Gasteiger charge is 2.19. The van der Waals surface area contributed by atoms with E-state index < -0.39 is 0 Å². The number of ether oxygens (including phenoxy) is 1. The summed E-state index contributed by atoms with van der Waals surface area (Å²) in [5, 5.41) is 3.02. The van der Waals surface area contributed by atoms with Crippen LogP contribution in [0.2, 0.25) is 0 Å². The van der Waals surface area contributed by atoms with Crippen molar-refractivity contribution in [2.75, 3.05) is 6.61 Å². The molecule has 3 heteroatoms. The second-order valence-electron chi connectivity index (χ2n) is 5.18. The smallest absolute Gasteiger partial charge is 0.258 e. The van der Waals surface area contributed by atoms with Crippen molar-refractivity contribution in [3.8, 4) is 5.75 Å². The van der Waals surface area contributed by atoms with Gasteiger partial charge >= 0.3 is 0 Å². The lowest BCUT2D eigenvalue weighted by Gasteiger charge is -2.26. The molecule has 0 spiro atoms. The zero-order chi connectivity index (χ0) is 13.5. The standard InChI is InChI=1S/C15H23NO2/c1-11(2)15(12(3)4)16-14(17)10-18-13-8-6-5-7-9-13/h5-9,11-12,15H,10H2,1-4H3,(H,16,17). The Hall–Kier alpha value is -1.51. The van der Waals surface area contributed by atoms with Crippen LogP contribution in [0, 0.1) is 11.8 Å². The lowest BCUT2D eigenvalue weighted by molar-refractivity contribution is -0.124. The predicted octanol–water partition coefficient (Wildman–Crippen LogP) is 2.86. The first-order chi connectivity index (χ1) is 8.50. The van der Waals surface area contributed by atoms with Crippen molar-refractivity contribution in [2.45, 2.75) is 33.7 Å². The molecule has 0 saturated heterocycles. The van der Waals surface area contributed by atoms with E-state index in [4.69, 9.17) is 4.74 Å². The molecule has 0 unspecified atom stereocenters. The molecule has 0 bridgehead atoms. The Kier molecular flexibility index (Phi) is 5.69. The topological polar surface area (TPSA) is 38.3 Å². The molecular weight excluding hydrogens is 226 g/mol. The largest absolute Gasteiger partial charge is 0.484 e. The number of benzene rings is 1. The van der Waals surface area contributed by atoms with Crippen molar-refractivity contribution in [3.05, 3.63) is 30.3 Å². The van der Waals surface area contributed by atoms with Crippen LogP contribution in [0.25, 0.3) is 0 Å². The van der Waals surface area contributed by atoms with Crippen LogP contribution in [0.3, 0.4) is 0 Å². The van der Waals surface area contributed by atoms with Gasteiger partial charge in [-0.25, -0.2) is 0 Å². The summed E-state index contributed by atoms with van der Waals surface area (Å²) in [5.74, 6) is 1.50. The maximum atomic E-state index is 11.8. The van der Waals surface area contributed by atoms with Crippen molar-refractivity contribution in [1.29, 1.82) is 0 Å². The van der Waals surface area contributed by atoms with Crippen LogP contribution in [0.5, 0.6) is 5.75 Å². The molecule has 1 N–H and O–H groups in total. The van der Waals surface area contributed by atoms with Gasteiger partial charge in [-0.1, -0.05) is 45.9 Å². The third-order valence-electron chi connectivity index (χ3n) is 2.88. The van der Waals surface area contributed by atoms with Crippen molar-refractivity contribution in [1.82, 2.24) is 5.32 Å². The minimum Gasteiger partial charge on any atom is -0.484 e. The van der Waals surface area contributed by atoms with Gasteiger partial charge in [0.1, 0.15) is 5.75 Å². The van der Waals surface area contributed by atoms with Crippen LogP contribution in [0.4, 0.5) is 0 Å². The highest BCUT2D eigenvalue weighted by molar-refractivity contribution is 5.77. The summed E-state index contributed by atoms with van der Waals surface area (Å²) in [6.45, 7) is 8.53. The quantitative estimate of drug-likeness (QED) is 0.842. The van der Waals surface area contributed by atoms with Gasteiger partial charge in [0.05, 0.1) is 0 Å². The van der Waals surface area contributed by atoms with E-state index in [2.05, 4.69) is 33.0 Å². The van der Waals surface area contributed by atoms with E-state index in [-0.39, 0.29) is 18.6 Å². The molecule has 0 aliphatic heterocycles. The Labute approximate surface area is 110 Å². The van der Waals surface area contributed by atoms with Gasteiger partial charge in [0.15, 0.2) is 6.61 Å². The molecule has 1 aromatic carbocycles. The third kappa shape index (κ3) is 4.78. The lowest BCUT2D eigenvalue weighted by Crippen LogP contribution is -2.44. The van der Waals surface area contributed by atoms with E-state index in [1.165, 1.54) is 0 Å². The summed E-state index contributed by atoms with van der Waals surface area (Å²) < 4.78 is 5.42. The van der Waals surface area contributed by atoms with Gasteiger partial charge in [-0.3, -0.25) is 4.79 Å². The minimum atomic E-state index is -0.0637. The Morgan fingerprint density at radius 3 is 2.17 bits per heavy atom. The van der Waals surface area contributed by atoms with Crippen molar-refractivity contribution >= 4 is 5.91 Å². The molecule has 0 saturated carbocycles. The van der Waals surface area contributed by atoms with Gasteiger partial charge in [0.2, 0.25) is 0 Å². The number of carbonyl (C=O) groups excluding carboxylic acids is 1. The molecule has 0 atom stereocenters. The molecular formula is C15H23NO2. The monoisotopic (exact) mass is 249 g/mol. The number of carbonyl (C=O) groups is 1. The number of hydrogen-bond acceptors (Lipinski definition) is 2. The van der Waals surface area contributed by atoms with E-state index in [1.807, 2.05) is 30.3 Å². The number of hydrogen-bond donors (Lipinski definition) is 1. The van der Waals surface area contributed by atoms with Crippen LogP contribution in [-0.2, 0) is 4.79 Å². The van der Waals surface area contributed by atoms with Gasteiger partial charge in [-0.05, 0) is 24.0 Å². The van der Waals surface area contributed by atoms with Crippen molar-refractivity contribution in [2.24, 2.45) is 11.8 Å². The van der Waals surface area contributed by atoms with Crippen LogP contribution >= 0.6 is 0 Å². The Morgan fingerprint density at radius 1 is 1.11 bits per heavy atom. The van der Waals surface area contributed by atoms with E-state index in [0.29, 0.717) is 11.8 Å². The summed E-state index contributed by atoms with van der Waals surface area (Å²) >= 11 is 0. The lowest BCUT2D eigenvalue weighted by atomic mass is 9.93. The van der Waals surface area contributed by atoms with Gasteiger partial charge < -0.3 is 10.1 Å². The SMILES string of the molecule is CC(C)C(NC(=O)COc1ccccc1)C(C)C. The Bertz CT molecular complexity index is 352. The van der Waals surface area contributed by atoms with Crippen LogP contribution in [-0.4, -0.2) is 18.6 Å². The Balaban J connectivity index is 2.41. The van der Waals surface area contributed by atoms with E-state index in [0.717, 1.165) is 5.75 Å². The summed E-state index contributed by atoms with van der Waals surface area (Å²) in [6, 6.07) is 9.57. The first-order valence-corrected chi connectivity index (χ1v) is 6.48. The number of amides is 1. The molecule has 0 radical (unpaired) electrons. The van der Waals surface area contributed by atoms with Crippen LogP contribution in [0.15, 0.2) is 30.3 Å². The van der Waals surface area contributed by atoms with E-state index in [1.54, 1.807) is 0 Å². The molecule has 0 aromatic heterocycles. The molecule has 1 aromatic rings. The maximum Gasteiger partial charge on any atom is 0.258 e. The normalized spacial score (nSPS) is 11.1. The molecule has 0 aliphatic carbocycles. The zero-order valence-corrected chi connectivity index (χ0v) is 11.6. The molecule has 100 valence electrons. The van der Waals surface area contributed by atoms with E-state index >= 15 is 0 Å². The third-order valence-corrected chi connectivity index (χ3v) is 2.88. The average molecular weight is 249 g/mol. The summed E-state index contributed by atoms with van der Waals surface area (Å²) in [4.78, 5) is 11.8. The van der Waals surface area contributed by atoms with E-state index in [9.17, 15) is 4.79 Å². The molecule has 1 amide bonds. The Morgan fingerprint density at radius 2 is 1.67 bits per heavy atom. The van der Waals surface area contributed by atoms with Gasteiger partial charge in [-0.15, -0.1) is 0 Å². The fourth-order valence-corrected chi connectivity index (χ4v) is 2.00. The fourth-order valence-electron chi connectivity index (χ4n) is 2.00. The van der Waals surface area contributed by atoms with Gasteiger partial charge in [-0.2, -0.15) is 0 Å². The summed E-state index contributed by atoms with van der Waals surface area (Å²) in [7, 11) is 0. The van der Waals surface area contributed by atoms with Crippen molar-refractivity contribution < 1.29 is 9.53 Å². The van der Waals surface area contributed by atoms with Gasteiger partial charge in [0.25, 0.3) is 5.91 Å². The molecule has 0 heterocycles. The molecule has 0 aliphatic rings. The highest BCUT2D eigenvalue weighted by Crippen LogP contribution is 2.12. The average Bonchev–Trinajstić information content (AvgIpc) is 2.34. The van der Waals surface area contributed by atoms with Crippen LogP contribution < -0.4 is 10.1 Å². The number of para-hydroxylation sites is 1. The fraction of sp³-hybridized carbons (Fsp3) is 0.533. The second kappa shape index (κ2) is 7.04. The zero-order valence-electron chi connectivity index (χ0n) is 11.6. The molecule has 3 nitrogen and oxygen atoms in total. The predicted molar refractivity (Wildman–Crippen MR) is 73.5 cm³/mol. The first kappa shape index (κ1) is 14.6. The summed E-state index contributed by atoms with van der Waals surface area (Å²) in [6.07, 6.45) is 0. The number of rotatable bonds is 6. The summed E-state index contributed by atoms with van der Waals surface area (Å²) in [5.41, 5.74) is 0. The number of nitrogens with one attached hydrogen (secondary N) is 1.